The van der Waals surface area contributed by atoms with Gasteiger partial charge in [0.05, 0.1) is 7.11 Å². The van der Waals surface area contributed by atoms with Crippen molar-refractivity contribution in [3.8, 4) is 5.75 Å². The zero-order valence-corrected chi connectivity index (χ0v) is 10.9. The number of ether oxygens (including phenoxy) is 2. The second-order valence-electron chi connectivity index (χ2n) is 3.55. The summed E-state index contributed by atoms with van der Waals surface area (Å²) in [6.07, 6.45) is 0. The number of carbonyl (C=O) groups is 2. The number of nitrogens with one attached hydrogen (secondary N) is 1. The van der Waals surface area contributed by atoms with E-state index in [9.17, 15) is 9.59 Å². The first-order valence-electron chi connectivity index (χ1n) is 5.28. The molecule has 0 saturated heterocycles. The van der Waals surface area contributed by atoms with Gasteiger partial charge in [0.1, 0.15) is 11.8 Å². The number of halogens is 1. The number of amides is 1. The summed E-state index contributed by atoms with van der Waals surface area (Å²) in [4.78, 5) is 22.5. The van der Waals surface area contributed by atoms with Crippen LogP contribution >= 0.6 is 11.6 Å². The highest BCUT2D eigenvalue weighted by Gasteiger charge is 2.15. The average molecular weight is 272 g/mol. The van der Waals surface area contributed by atoms with E-state index in [-0.39, 0.29) is 6.61 Å². The molecule has 0 spiro atoms. The predicted octanol–water partition coefficient (Wildman–Crippen LogP) is 1.40. The second kappa shape index (κ2) is 6.86. The first kappa shape index (κ1) is 14.3. The molecule has 0 heterocycles. The standard InChI is InChI=1S/C12H14ClNO4/c1-8(12(16)17-2)14-11(15)7-18-10-5-3-9(13)4-6-10/h3-6,8H,7H2,1-2H3,(H,14,15)/t8-/m0/s1. The summed E-state index contributed by atoms with van der Waals surface area (Å²) in [5.41, 5.74) is 0. The largest absolute Gasteiger partial charge is 0.484 e. The van der Waals surface area contributed by atoms with E-state index in [2.05, 4.69) is 10.1 Å². The lowest BCUT2D eigenvalue weighted by Gasteiger charge is -2.12. The van der Waals surface area contributed by atoms with Crippen LogP contribution in [-0.4, -0.2) is 31.6 Å². The number of rotatable bonds is 5. The summed E-state index contributed by atoms with van der Waals surface area (Å²) in [5, 5.41) is 3.04. The number of methoxy groups -OCH3 is 1. The van der Waals surface area contributed by atoms with Crippen molar-refractivity contribution < 1.29 is 19.1 Å². The minimum atomic E-state index is -0.698. The van der Waals surface area contributed by atoms with Gasteiger partial charge < -0.3 is 14.8 Å². The van der Waals surface area contributed by atoms with Crippen molar-refractivity contribution in [2.24, 2.45) is 0 Å². The SMILES string of the molecule is COC(=O)[C@H](C)NC(=O)COc1ccc(Cl)cc1. The second-order valence-corrected chi connectivity index (χ2v) is 3.99. The third-order valence-electron chi connectivity index (χ3n) is 2.12. The van der Waals surface area contributed by atoms with E-state index in [4.69, 9.17) is 16.3 Å². The maximum absolute atomic E-state index is 11.4. The summed E-state index contributed by atoms with van der Waals surface area (Å²) in [6.45, 7) is 1.36. The van der Waals surface area contributed by atoms with Crippen LogP contribution in [0.2, 0.25) is 5.02 Å². The molecule has 1 aromatic carbocycles. The molecular formula is C12H14ClNO4. The molecule has 1 atom stereocenters. The molecule has 1 aromatic rings. The summed E-state index contributed by atoms with van der Waals surface area (Å²) in [7, 11) is 1.26. The van der Waals surface area contributed by atoms with E-state index in [1.807, 2.05) is 0 Å². The number of carbonyl (C=O) groups excluding carboxylic acids is 2. The van der Waals surface area contributed by atoms with E-state index in [0.29, 0.717) is 10.8 Å². The van der Waals surface area contributed by atoms with Crippen LogP contribution in [0.25, 0.3) is 0 Å². The molecule has 0 aliphatic carbocycles. The lowest BCUT2D eigenvalue weighted by Crippen LogP contribution is -2.41. The third kappa shape index (κ3) is 4.63. The van der Waals surface area contributed by atoms with Crippen molar-refractivity contribution in [3.05, 3.63) is 29.3 Å². The van der Waals surface area contributed by atoms with Crippen LogP contribution in [-0.2, 0) is 14.3 Å². The number of esters is 1. The third-order valence-corrected chi connectivity index (χ3v) is 2.37. The van der Waals surface area contributed by atoms with Gasteiger partial charge >= 0.3 is 5.97 Å². The van der Waals surface area contributed by atoms with Crippen LogP contribution < -0.4 is 10.1 Å². The molecule has 0 saturated carbocycles. The van der Waals surface area contributed by atoms with Gasteiger partial charge in [-0.25, -0.2) is 4.79 Å². The van der Waals surface area contributed by atoms with Gasteiger partial charge in [-0.05, 0) is 31.2 Å². The lowest BCUT2D eigenvalue weighted by molar-refractivity contribution is -0.144. The van der Waals surface area contributed by atoms with Crippen molar-refractivity contribution in [2.45, 2.75) is 13.0 Å². The van der Waals surface area contributed by atoms with Crippen molar-refractivity contribution in [1.29, 1.82) is 0 Å². The number of hydrogen-bond acceptors (Lipinski definition) is 4. The highest BCUT2D eigenvalue weighted by atomic mass is 35.5. The Morgan fingerprint density at radius 1 is 1.33 bits per heavy atom. The Hall–Kier alpha value is -1.75. The molecule has 0 aliphatic rings. The molecule has 0 aromatic heterocycles. The molecular weight excluding hydrogens is 258 g/mol. The van der Waals surface area contributed by atoms with E-state index < -0.39 is 17.9 Å². The van der Waals surface area contributed by atoms with Crippen LogP contribution in [0.3, 0.4) is 0 Å². The van der Waals surface area contributed by atoms with E-state index in [1.54, 1.807) is 24.3 Å². The van der Waals surface area contributed by atoms with Gasteiger partial charge in [-0.1, -0.05) is 11.6 Å². The van der Waals surface area contributed by atoms with Gasteiger partial charge in [0, 0.05) is 5.02 Å². The molecule has 1 amide bonds. The topological polar surface area (TPSA) is 64.6 Å². The van der Waals surface area contributed by atoms with Crippen LogP contribution in [0, 0.1) is 0 Å². The number of benzene rings is 1. The Kier molecular flexibility index (Phi) is 5.45. The minimum Gasteiger partial charge on any atom is -0.484 e. The van der Waals surface area contributed by atoms with Crippen LogP contribution in [0.1, 0.15) is 6.92 Å². The zero-order valence-electron chi connectivity index (χ0n) is 10.1. The van der Waals surface area contributed by atoms with E-state index >= 15 is 0 Å². The maximum atomic E-state index is 11.4. The highest BCUT2D eigenvalue weighted by molar-refractivity contribution is 6.30. The molecule has 1 N–H and O–H groups in total. The maximum Gasteiger partial charge on any atom is 0.328 e. The summed E-state index contributed by atoms with van der Waals surface area (Å²) >= 11 is 5.71. The van der Waals surface area contributed by atoms with Gasteiger partial charge in [-0.2, -0.15) is 0 Å². The fourth-order valence-corrected chi connectivity index (χ4v) is 1.32. The van der Waals surface area contributed by atoms with E-state index in [0.717, 1.165) is 0 Å². The Morgan fingerprint density at radius 2 is 1.94 bits per heavy atom. The summed E-state index contributed by atoms with van der Waals surface area (Å²) in [6, 6.07) is 5.92. The van der Waals surface area contributed by atoms with Crippen LogP contribution in [0.4, 0.5) is 0 Å². The minimum absolute atomic E-state index is 0.178. The average Bonchev–Trinajstić information content (AvgIpc) is 2.37. The summed E-state index contributed by atoms with van der Waals surface area (Å²) < 4.78 is 9.69. The monoisotopic (exact) mass is 271 g/mol. The van der Waals surface area contributed by atoms with Gasteiger partial charge in [-0.15, -0.1) is 0 Å². The fourth-order valence-electron chi connectivity index (χ4n) is 1.20. The molecule has 0 radical (unpaired) electrons. The van der Waals surface area contributed by atoms with E-state index in [1.165, 1.54) is 14.0 Å². The highest BCUT2D eigenvalue weighted by Crippen LogP contribution is 2.15. The molecule has 5 nitrogen and oxygen atoms in total. The smallest absolute Gasteiger partial charge is 0.328 e. The quantitative estimate of drug-likeness (QED) is 0.822. The normalized spacial score (nSPS) is 11.5. The molecule has 0 bridgehead atoms. The molecule has 0 fully saturated rings. The van der Waals surface area contributed by atoms with Gasteiger partial charge in [0.15, 0.2) is 6.61 Å². The van der Waals surface area contributed by atoms with Gasteiger partial charge in [0.25, 0.3) is 5.91 Å². The zero-order chi connectivity index (χ0) is 13.5. The van der Waals surface area contributed by atoms with Crippen molar-refractivity contribution in [3.63, 3.8) is 0 Å². The Labute approximate surface area is 110 Å². The Bertz CT molecular complexity index is 419. The first-order chi connectivity index (χ1) is 8.52. The van der Waals surface area contributed by atoms with Crippen molar-refractivity contribution >= 4 is 23.5 Å². The van der Waals surface area contributed by atoms with Crippen molar-refractivity contribution in [2.75, 3.05) is 13.7 Å². The van der Waals surface area contributed by atoms with Gasteiger partial charge in [-0.3, -0.25) is 4.79 Å². The Balaban J connectivity index is 2.37. The molecule has 6 heteroatoms. The molecule has 18 heavy (non-hydrogen) atoms. The molecule has 1 rings (SSSR count). The predicted molar refractivity (Wildman–Crippen MR) is 66.6 cm³/mol. The van der Waals surface area contributed by atoms with Crippen LogP contribution in [0.5, 0.6) is 5.75 Å². The van der Waals surface area contributed by atoms with Gasteiger partial charge in [0.2, 0.25) is 0 Å². The molecule has 0 aliphatic heterocycles. The first-order valence-corrected chi connectivity index (χ1v) is 5.66. The molecule has 0 unspecified atom stereocenters. The Morgan fingerprint density at radius 3 is 2.50 bits per heavy atom. The molecule has 98 valence electrons. The fraction of sp³-hybridized carbons (Fsp3) is 0.333. The lowest BCUT2D eigenvalue weighted by atomic mass is 10.3. The van der Waals surface area contributed by atoms with Crippen LogP contribution in [0.15, 0.2) is 24.3 Å². The summed E-state index contributed by atoms with van der Waals surface area (Å²) in [5.74, 6) is -0.377. The van der Waals surface area contributed by atoms with Crippen molar-refractivity contribution in [1.82, 2.24) is 5.32 Å². The number of hydrogen-bond donors (Lipinski definition) is 1.